The number of amides is 1. The van der Waals surface area contributed by atoms with Crippen molar-refractivity contribution in [3.8, 4) is 11.4 Å². The Morgan fingerprint density at radius 1 is 1.00 bits per heavy atom. The number of benzene rings is 2. The third-order valence-corrected chi connectivity index (χ3v) is 5.75. The molecule has 1 amide bonds. The molecule has 2 aromatic carbocycles. The van der Waals surface area contributed by atoms with E-state index in [2.05, 4.69) is 4.90 Å². The van der Waals surface area contributed by atoms with E-state index >= 15 is 0 Å². The quantitative estimate of drug-likeness (QED) is 0.595. The monoisotopic (exact) mass is 434 g/mol. The third-order valence-electron chi connectivity index (χ3n) is 5.75. The molecule has 0 N–H and O–H groups in total. The van der Waals surface area contributed by atoms with Crippen LogP contribution in [0.4, 0.5) is 10.2 Å². The molecule has 1 saturated heterocycles. The molecule has 0 radical (unpaired) electrons. The van der Waals surface area contributed by atoms with Crippen LogP contribution < -0.4 is 4.90 Å². The Morgan fingerprint density at radius 2 is 1.69 bits per heavy atom. The van der Waals surface area contributed by atoms with Gasteiger partial charge in [-0.3, -0.25) is 4.79 Å². The first kappa shape index (κ1) is 21.9. The summed E-state index contributed by atoms with van der Waals surface area (Å²) in [6.07, 6.45) is 0.408. The van der Waals surface area contributed by atoms with Crippen LogP contribution in [-0.4, -0.2) is 60.7 Å². The lowest BCUT2D eigenvalue weighted by molar-refractivity contribution is -0.135. The number of rotatable bonds is 6. The van der Waals surface area contributed by atoms with Gasteiger partial charge < -0.3 is 14.5 Å². The molecule has 4 rings (SSSR count). The van der Waals surface area contributed by atoms with Crippen molar-refractivity contribution in [1.82, 2.24) is 14.9 Å². The Balaban J connectivity index is 1.69. The summed E-state index contributed by atoms with van der Waals surface area (Å²) in [5, 5.41) is 0. The fourth-order valence-electron chi connectivity index (χ4n) is 3.98. The summed E-state index contributed by atoms with van der Waals surface area (Å²) in [7, 11) is 1.53. The second-order valence-corrected chi connectivity index (χ2v) is 7.87. The average Bonchev–Trinajstić information content (AvgIpc) is 2.82. The van der Waals surface area contributed by atoms with Gasteiger partial charge in [-0.05, 0) is 18.6 Å². The first-order chi connectivity index (χ1) is 15.6. The molecule has 0 spiro atoms. The molecule has 7 heteroatoms. The summed E-state index contributed by atoms with van der Waals surface area (Å²) in [5.41, 5.74) is 3.28. The number of carbonyl (C=O) groups is 1. The zero-order valence-corrected chi connectivity index (χ0v) is 18.4. The summed E-state index contributed by atoms with van der Waals surface area (Å²) >= 11 is 0. The van der Waals surface area contributed by atoms with Crippen molar-refractivity contribution in [2.75, 3.05) is 44.8 Å². The molecule has 0 atom stereocenters. The number of aromatic nitrogens is 2. The van der Waals surface area contributed by atoms with E-state index in [1.807, 2.05) is 48.2 Å². The van der Waals surface area contributed by atoms with Crippen LogP contribution >= 0.6 is 0 Å². The number of hydrogen-bond donors (Lipinski definition) is 0. The van der Waals surface area contributed by atoms with Crippen molar-refractivity contribution in [3.63, 3.8) is 0 Å². The summed E-state index contributed by atoms with van der Waals surface area (Å²) in [5.74, 6) is 1.20. The highest BCUT2D eigenvalue weighted by Crippen LogP contribution is 2.29. The predicted molar refractivity (Wildman–Crippen MR) is 122 cm³/mol. The first-order valence-electron chi connectivity index (χ1n) is 10.7. The smallest absolute Gasteiger partial charge is 0.248 e. The molecule has 1 aliphatic heterocycles. The standard InChI is InChI=1S/C25H27FN4O2/c1-18-21(16-20-10-6-7-11-22(20)26)25(28-24(27-18)19-8-4-3-5-9-19)30-14-12-29(13-15-30)23(31)17-32-2/h3-11H,12-17H2,1-2H3. The van der Waals surface area contributed by atoms with Gasteiger partial charge in [0.1, 0.15) is 18.2 Å². The number of ether oxygens (including phenoxy) is 1. The average molecular weight is 435 g/mol. The van der Waals surface area contributed by atoms with Crippen molar-refractivity contribution in [2.24, 2.45) is 0 Å². The second-order valence-electron chi connectivity index (χ2n) is 7.87. The highest BCUT2D eigenvalue weighted by atomic mass is 19.1. The maximum atomic E-state index is 14.4. The molecule has 166 valence electrons. The molecule has 0 bridgehead atoms. The Kier molecular flexibility index (Phi) is 6.75. The highest BCUT2D eigenvalue weighted by Gasteiger charge is 2.25. The van der Waals surface area contributed by atoms with Crippen LogP contribution in [-0.2, 0) is 16.0 Å². The van der Waals surface area contributed by atoms with Crippen LogP contribution in [0.25, 0.3) is 11.4 Å². The SMILES string of the molecule is COCC(=O)N1CCN(c2nc(-c3ccccc3)nc(C)c2Cc2ccccc2F)CC1. The fraction of sp³-hybridized carbons (Fsp3) is 0.320. The molecule has 6 nitrogen and oxygen atoms in total. The number of halogens is 1. The minimum Gasteiger partial charge on any atom is -0.375 e. The van der Waals surface area contributed by atoms with E-state index < -0.39 is 0 Å². The van der Waals surface area contributed by atoms with E-state index in [0.29, 0.717) is 44.0 Å². The van der Waals surface area contributed by atoms with Gasteiger partial charge in [-0.25, -0.2) is 14.4 Å². The number of hydrogen-bond acceptors (Lipinski definition) is 5. The van der Waals surface area contributed by atoms with E-state index in [0.717, 1.165) is 22.6 Å². The molecular formula is C25H27FN4O2. The molecule has 2 heterocycles. The van der Waals surface area contributed by atoms with Crippen LogP contribution in [0.1, 0.15) is 16.8 Å². The largest absolute Gasteiger partial charge is 0.375 e. The van der Waals surface area contributed by atoms with Crippen LogP contribution in [0.15, 0.2) is 54.6 Å². The van der Waals surface area contributed by atoms with Crippen LogP contribution in [0, 0.1) is 12.7 Å². The molecule has 1 fully saturated rings. The lowest BCUT2D eigenvalue weighted by Gasteiger charge is -2.36. The van der Waals surface area contributed by atoms with Gasteiger partial charge in [-0.15, -0.1) is 0 Å². The topological polar surface area (TPSA) is 58.6 Å². The fourth-order valence-corrected chi connectivity index (χ4v) is 3.98. The van der Waals surface area contributed by atoms with Gasteiger partial charge in [0.2, 0.25) is 5.91 Å². The normalized spacial score (nSPS) is 14.0. The van der Waals surface area contributed by atoms with Crippen molar-refractivity contribution >= 4 is 11.7 Å². The van der Waals surface area contributed by atoms with Crippen LogP contribution in [0.5, 0.6) is 0 Å². The maximum Gasteiger partial charge on any atom is 0.248 e. The molecule has 32 heavy (non-hydrogen) atoms. The zero-order chi connectivity index (χ0) is 22.5. The summed E-state index contributed by atoms with van der Waals surface area (Å²) < 4.78 is 19.4. The van der Waals surface area contributed by atoms with E-state index in [4.69, 9.17) is 14.7 Å². The van der Waals surface area contributed by atoms with Gasteiger partial charge in [0.25, 0.3) is 0 Å². The Bertz CT molecular complexity index is 1080. The lowest BCUT2D eigenvalue weighted by atomic mass is 10.0. The number of nitrogens with zero attached hydrogens (tertiary/aromatic N) is 4. The number of anilines is 1. The van der Waals surface area contributed by atoms with Gasteiger partial charge in [-0.1, -0.05) is 48.5 Å². The van der Waals surface area contributed by atoms with E-state index in [-0.39, 0.29) is 18.3 Å². The van der Waals surface area contributed by atoms with Gasteiger partial charge in [0.15, 0.2) is 5.82 Å². The Morgan fingerprint density at radius 3 is 2.38 bits per heavy atom. The Labute approximate surface area is 187 Å². The summed E-state index contributed by atoms with van der Waals surface area (Å²) in [6, 6.07) is 16.6. The summed E-state index contributed by atoms with van der Waals surface area (Å²) in [6.45, 7) is 4.50. The van der Waals surface area contributed by atoms with Crippen molar-refractivity contribution in [2.45, 2.75) is 13.3 Å². The number of methoxy groups -OCH3 is 1. The van der Waals surface area contributed by atoms with Crippen molar-refractivity contribution < 1.29 is 13.9 Å². The number of carbonyl (C=O) groups excluding carboxylic acids is 1. The van der Waals surface area contributed by atoms with Crippen LogP contribution in [0.3, 0.4) is 0 Å². The predicted octanol–water partition coefficient (Wildman–Crippen LogP) is 3.48. The lowest BCUT2D eigenvalue weighted by Crippen LogP contribution is -2.50. The highest BCUT2D eigenvalue weighted by molar-refractivity contribution is 5.77. The molecular weight excluding hydrogens is 407 g/mol. The zero-order valence-electron chi connectivity index (χ0n) is 18.4. The first-order valence-corrected chi connectivity index (χ1v) is 10.7. The maximum absolute atomic E-state index is 14.4. The van der Waals surface area contributed by atoms with Crippen LogP contribution in [0.2, 0.25) is 0 Å². The summed E-state index contributed by atoms with van der Waals surface area (Å²) in [4.78, 5) is 25.9. The third kappa shape index (κ3) is 4.78. The van der Waals surface area contributed by atoms with Gasteiger partial charge in [0.05, 0.1) is 0 Å². The molecule has 1 aliphatic rings. The molecule has 0 aliphatic carbocycles. The molecule has 3 aromatic rings. The molecule has 0 saturated carbocycles. The second kappa shape index (κ2) is 9.87. The van der Waals surface area contributed by atoms with Gasteiger partial charge in [-0.2, -0.15) is 0 Å². The molecule has 0 unspecified atom stereocenters. The minimum absolute atomic E-state index is 0.0115. The Hall–Kier alpha value is -3.32. The van der Waals surface area contributed by atoms with Gasteiger partial charge in [0, 0.05) is 56.5 Å². The number of piperazine rings is 1. The van der Waals surface area contributed by atoms with E-state index in [1.54, 1.807) is 12.1 Å². The molecule has 1 aromatic heterocycles. The van der Waals surface area contributed by atoms with E-state index in [9.17, 15) is 9.18 Å². The minimum atomic E-state index is -0.236. The van der Waals surface area contributed by atoms with Gasteiger partial charge >= 0.3 is 0 Å². The van der Waals surface area contributed by atoms with Crippen molar-refractivity contribution in [3.05, 3.63) is 77.2 Å². The van der Waals surface area contributed by atoms with Crippen molar-refractivity contribution in [1.29, 1.82) is 0 Å². The number of aryl methyl sites for hydroxylation is 1. The van der Waals surface area contributed by atoms with E-state index in [1.165, 1.54) is 13.2 Å².